The van der Waals surface area contributed by atoms with E-state index >= 15 is 0 Å². The van der Waals surface area contributed by atoms with Crippen LogP contribution in [0.2, 0.25) is 0 Å². The van der Waals surface area contributed by atoms with E-state index in [2.05, 4.69) is 20.9 Å². The Kier molecular flexibility index (Phi) is 6.96. The first kappa shape index (κ1) is 23.4. The van der Waals surface area contributed by atoms with Gasteiger partial charge in [0, 0.05) is 29.0 Å². The highest BCUT2D eigenvalue weighted by Crippen LogP contribution is 2.36. The number of rotatable bonds is 6. The Labute approximate surface area is 202 Å². The van der Waals surface area contributed by atoms with Crippen molar-refractivity contribution in [2.45, 2.75) is 6.92 Å². The van der Waals surface area contributed by atoms with Crippen molar-refractivity contribution in [1.29, 1.82) is 0 Å². The predicted octanol–water partition coefficient (Wildman–Crippen LogP) is 5.71. The number of fused-ring (bicyclic) bond motifs is 1. The monoisotopic (exact) mass is 472 g/mol. The molecule has 0 aliphatic rings. The second kappa shape index (κ2) is 10.4. The molecule has 4 aromatic rings. The van der Waals surface area contributed by atoms with Crippen molar-refractivity contribution in [1.82, 2.24) is 10.3 Å². The molecule has 3 N–H and O–H groups in total. The number of pyridine rings is 1. The molecular weight excluding hydrogens is 448 g/mol. The molecule has 0 bridgehead atoms. The molecule has 0 saturated heterocycles. The van der Waals surface area contributed by atoms with Crippen LogP contribution in [0.25, 0.3) is 10.9 Å². The van der Waals surface area contributed by atoms with Gasteiger partial charge in [0.1, 0.15) is 11.5 Å². The van der Waals surface area contributed by atoms with Crippen LogP contribution in [0, 0.1) is 6.92 Å². The number of hydrogen-bond acceptors (Lipinski definition) is 6. The second-order valence-corrected chi connectivity index (χ2v) is 7.56. The first-order valence-electron chi connectivity index (χ1n) is 10.7. The summed E-state index contributed by atoms with van der Waals surface area (Å²) in [4.78, 5) is 28.5. The van der Waals surface area contributed by atoms with E-state index in [-0.39, 0.29) is 0 Å². The van der Waals surface area contributed by atoms with Gasteiger partial charge >= 0.3 is 12.1 Å². The van der Waals surface area contributed by atoms with E-state index in [1.54, 1.807) is 75.0 Å². The third-order valence-corrected chi connectivity index (χ3v) is 5.08. The number of benzene rings is 3. The maximum atomic E-state index is 12.2. The SMILES string of the molecule is COc1cc2nccc(Oc3ccc(NC(=O)NC(=O)Nc4ccc(C)cc4)cc3)c2cc1OC. The zero-order chi connectivity index (χ0) is 24.8. The highest BCUT2D eigenvalue weighted by Gasteiger charge is 2.12. The molecule has 178 valence electrons. The molecular formula is C26H24N4O5. The van der Waals surface area contributed by atoms with E-state index in [0.717, 1.165) is 10.9 Å². The quantitative estimate of drug-likeness (QED) is 0.332. The summed E-state index contributed by atoms with van der Waals surface area (Å²) in [7, 11) is 3.13. The molecule has 0 unspecified atom stereocenters. The Hall–Kier alpha value is -4.79. The van der Waals surface area contributed by atoms with Crippen molar-refractivity contribution in [3.63, 3.8) is 0 Å². The molecule has 9 heteroatoms. The summed E-state index contributed by atoms with van der Waals surface area (Å²) in [6, 6.07) is 18.0. The topological polar surface area (TPSA) is 111 Å². The summed E-state index contributed by atoms with van der Waals surface area (Å²) in [6.07, 6.45) is 1.64. The number of aromatic nitrogens is 1. The number of methoxy groups -OCH3 is 2. The minimum absolute atomic E-state index is 0.490. The van der Waals surface area contributed by atoms with Crippen LogP contribution in [0.5, 0.6) is 23.0 Å². The lowest BCUT2D eigenvalue weighted by Crippen LogP contribution is -2.37. The fraction of sp³-hybridized carbons (Fsp3) is 0.115. The average Bonchev–Trinajstić information content (AvgIpc) is 2.85. The van der Waals surface area contributed by atoms with Crippen molar-refractivity contribution in [3.8, 4) is 23.0 Å². The molecule has 0 aliphatic heterocycles. The van der Waals surface area contributed by atoms with Gasteiger partial charge in [-0.15, -0.1) is 0 Å². The Morgan fingerprint density at radius 3 is 1.91 bits per heavy atom. The molecule has 9 nitrogen and oxygen atoms in total. The summed E-state index contributed by atoms with van der Waals surface area (Å²) >= 11 is 0. The van der Waals surface area contributed by atoms with Gasteiger partial charge in [-0.1, -0.05) is 17.7 Å². The summed E-state index contributed by atoms with van der Waals surface area (Å²) in [5, 5.41) is 8.19. The normalized spacial score (nSPS) is 10.4. The minimum Gasteiger partial charge on any atom is -0.493 e. The number of anilines is 2. The number of carbonyl (C=O) groups is 2. The Balaban J connectivity index is 1.39. The Morgan fingerprint density at radius 1 is 0.743 bits per heavy atom. The van der Waals surface area contributed by atoms with Gasteiger partial charge in [0.05, 0.1) is 19.7 Å². The first-order chi connectivity index (χ1) is 16.9. The van der Waals surface area contributed by atoms with Crippen LogP contribution in [0.1, 0.15) is 5.56 Å². The van der Waals surface area contributed by atoms with Gasteiger partial charge in [0.25, 0.3) is 0 Å². The number of urea groups is 2. The molecule has 1 aromatic heterocycles. The van der Waals surface area contributed by atoms with Gasteiger partial charge in [-0.3, -0.25) is 10.3 Å². The highest BCUT2D eigenvalue weighted by atomic mass is 16.5. The number of nitrogens with zero attached hydrogens (tertiary/aromatic N) is 1. The number of nitrogens with one attached hydrogen (secondary N) is 3. The number of amides is 4. The van der Waals surface area contributed by atoms with Crippen molar-refractivity contribution in [3.05, 3.63) is 78.5 Å². The number of carbonyl (C=O) groups excluding carboxylic acids is 2. The van der Waals surface area contributed by atoms with E-state index in [4.69, 9.17) is 14.2 Å². The Morgan fingerprint density at radius 2 is 1.31 bits per heavy atom. The molecule has 0 radical (unpaired) electrons. The zero-order valence-corrected chi connectivity index (χ0v) is 19.4. The standard InChI is InChI=1S/C26H24N4O5/c1-16-4-6-17(7-5-16)28-25(31)30-26(32)29-18-8-10-19(11-9-18)35-22-12-13-27-21-15-24(34-3)23(33-2)14-20(21)22/h4-15H,1-3H3,(H3,28,29,30,31,32). The third-order valence-electron chi connectivity index (χ3n) is 5.08. The largest absolute Gasteiger partial charge is 0.493 e. The van der Waals surface area contributed by atoms with E-state index in [1.165, 1.54) is 0 Å². The van der Waals surface area contributed by atoms with Gasteiger partial charge < -0.3 is 24.8 Å². The molecule has 0 atom stereocenters. The first-order valence-corrected chi connectivity index (χ1v) is 10.7. The minimum atomic E-state index is -0.663. The lowest BCUT2D eigenvalue weighted by atomic mass is 10.2. The van der Waals surface area contributed by atoms with Crippen LogP contribution < -0.4 is 30.2 Å². The van der Waals surface area contributed by atoms with Crippen LogP contribution in [0.15, 0.2) is 72.9 Å². The summed E-state index contributed by atoms with van der Waals surface area (Å²) in [5.74, 6) is 2.28. The highest BCUT2D eigenvalue weighted by molar-refractivity contribution is 6.05. The zero-order valence-electron chi connectivity index (χ0n) is 19.4. The summed E-state index contributed by atoms with van der Waals surface area (Å²) in [5.41, 5.74) is 2.84. The number of aryl methyl sites for hydroxylation is 1. The van der Waals surface area contributed by atoms with E-state index in [0.29, 0.717) is 39.9 Å². The van der Waals surface area contributed by atoms with Crippen LogP contribution in [-0.4, -0.2) is 31.3 Å². The molecule has 1 heterocycles. The van der Waals surface area contributed by atoms with Crippen molar-refractivity contribution >= 4 is 34.3 Å². The maximum absolute atomic E-state index is 12.2. The molecule has 3 aromatic carbocycles. The van der Waals surface area contributed by atoms with Gasteiger partial charge in [0.15, 0.2) is 11.5 Å². The van der Waals surface area contributed by atoms with Crippen LogP contribution in [-0.2, 0) is 0 Å². The van der Waals surface area contributed by atoms with Gasteiger partial charge in [-0.05, 0) is 55.5 Å². The summed E-state index contributed by atoms with van der Waals surface area (Å²) in [6.45, 7) is 1.95. The van der Waals surface area contributed by atoms with Crippen molar-refractivity contribution in [2.75, 3.05) is 24.9 Å². The second-order valence-electron chi connectivity index (χ2n) is 7.56. The molecule has 0 aliphatic carbocycles. The van der Waals surface area contributed by atoms with Crippen LogP contribution in [0.3, 0.4) is 0 Å². The van der Waals surface area contributed by atoms with Crippen LogP contribution >= 0.6 is 0 Å². The molecule has 4 rings (SSSR count). The third kappa shape index (κ3) is 5.77. The lowest BCUT2D eigenvalue weighted by molar-refractivity contribution is 0.240. The molecule has 4 amide bonds. The smallest absolute Gasteiger partial charge is 0.327 e. The fourth-order valence-corrected chi connectivity index (χ4v) is 3.33. The van der Waals surface area contributed by atoms with Crippen molar-refractivity contribution < 1.29 is 23.8 Å². The molecule has 0 saturated carbocycles. The van der Waals surface area contributed by atoms with E-state index in [1.807, 2.05) is 19.1 Å². The number of imide groups is 1. The van der Waals surface area contributed by atoms with Gasteiger partial charge in [0.2, 0.25) is 0 Å². The molecule has 35 heavy (non-hydrogen) atoms. The average molecular weight is 473 g/mol. The lowest BCUT2D eigenvalue weighted by Gasteiger charge is -2.13. The van der Waals surface area contributed by atoms with Gasteiger partial charge in [-0.25, -0.2) is 9.59 Å². The predicted molar refractivity (Wildman–Crippen MR) is 134 cm³/mol. The van der Waals surface area contributed by atoms with Crippen LogP contribution in [0.4, 0.5) is 21.0 Å². The van der Waals surface area contributed by atoms with E-state index < -0.39 is 12.1 Å². The number of hydrogen-bond donors (Lipinski definition) is 3. The maximum Gasteiger partial charge on any atom is 0.327 e. The van der Waals surface area contributed by atoms with Gasteiger partial charge in [-0.2, -0.15) is 0 Å². The molecule has 0 spiro atoms. The number of ether oxygens (including phenoxy) is 3. The summed E-state index contributed by atoms with van der Waals surface area (Å²) < 4.78 is 16.8. The Bertz CT molecular complexity index is 1360. The molecule has 0 fully saturated rings. The van der Waals surface area contributed by atoms with E-state index in [9.17, 15) is 9.59 Å². The van der Waals surface area contributed by atoms with Crippen molar-refractivity contribution in [2.24, 2.45) is 0 Å². The fourth-order valence-electron chi connectivity index (χ4n) is 3.33.